The van der Waals surface area contributed by atoms with Crippen molar-refractivity contribution in [2.24, 2.45) is 0 Å². The molecule has 0 radical (unpaired) electrons. The van der Waals surface area contributed by atoms with E-state index in [9.17, 15) is 0 Å². The summed E-state index contributed by atoms with van der Waals surface area (Å²) in [5.41, 5.74) is 2.38. The molecule has 1 aliphatic rings. The topological polar surface area (TPSA) is 24.5 Å². The predicted molar refractivity (Wildman–Crippen MR) is 90.3 cm³/mol. The summed E-state index contributed by atoms with van der Waals surface area (Å²) in [5.74, 6) is 0. The summed E-state index contributed by atoms with van der Waals surface area (Å²) >= 11 is 6.41. The second kappa shape index (κ2) is 8.62. The van der Waals surface area contributed by atoms with Crippen LogP contribution in [0.25, 0.3) is 0 Å². The second-order valence-corrected chi connectivity index (χ2v) is 6.04. The number of nitrogens with one attached hydrogen (secondary N) is 1. The van der Waals surface area contributed by atoms with Crippen molar-refractivity contribution in [3.05, 3.63) is 28.8 Å². The van der Waals surface area contributed by atoms with Crippen LogP contribution in [-0.2, 0) is 11.3 Å². The lowest BCUT2D eigenvalue weighted by atomic mass is 10.1. The lowest BCUT2D eigenvalue weighted by Crippen LogP contribution is -2.39. The van der Waals surface area contributed by atoms with Gasteiger partial charge in [0, 0.05) is 37.0 Å². The lowest BCUT2D eigenvalue weighted by Gasteiger charge is -2.34. The van der Waals surface area contributed by atoms with Gasteiger partial charge < -0.3 is 15.0 Å². The minimum Gasteiger partial charge on any atom is -0.376 e. The fraction of sp³-hybridized carbons (Fsp3) is 0.647. The summed E-state index contributed by atoms with van der Waals surface area (Å²) in [5, 5.41) is 4.17. The summed E-state index contributed by atoms with van der Waals surface area (Å²) in [7, 11) is 0. The van der Waals surface area contributed by atoms with Crippen molar-refractivity contribution >= 4 is 17.3 Å². The maximum Gasteiger partial charge on any atom is 0.0750 e. The molecule has 0 spiro atoms. The van der Waals surface area contributed by atoms with E-state index in [2.05, 4.69) is 42.3 Å². The zero-order valence-electron chi connectivity index (χ0n) is 13.2. The van der Waals surface area contributed by atoms with Crippen molar-refractivity contribution in [3.8, 4) is 0 Å². The molecule has 4 heteroatoms. The van der Waals surface area contributed by atoms with Gasteiger partial charge in [0.15, 0.2) is 0 Å². The van der Waals surface area contributed by atoms with E-state index in [-0.39, 0.29) is 0 Å². The largest absolute Gasteiger partial charge is 0.376 e. The molecule has 0 bridgehead atoms. The Bertz CT molecular complexity index is 439. The number of rotatable bonds is 7. The Morgan fingerprint density at radius 2 is 2.24 bits per heavy atom. The summed E-state index contributed by atoms with van der Waals surface area (Å²) in [6.45, 7) is 8.98. The molecule has 0 aromatic heterocycles. The third kappa shape index (κ3) is 4.87. The van der Waals surface area contributed by atoms with Crippen LogP contribution in [0.4, 0.5) is 5.69 Å². The average molecular weight is 311 g/mol. The van der Waals surface area contributed by atoms with Crippen molar-refractivity contribution < 1.29 is 4.74 Å². The van der Waals surface area contributed by atoms with Gasteiger partial charge in [0.25, 0.3) is 0 Å². The number of piperidine rings is 1. The highest BCUT2D eigenvalue weighted by Crippen LogP contribution is 2.26. The normalized spacial score (nSPS) is 19.0. The first-order valence-electron chi connectivity index (χ1n) is 8.10. The van der Waals surface area contributed by atoms with E-state index in [1.807, 2.05) is 0 Å². The SMILES string of the molecule is CCCOC1CCCN(c2ccc(CNCC)c(Cl)c2)C1. The molecule has 0 amide bonds. The lowest BCUT2D eigenvalue weighted by molar-refractivity contribution is 0.0440. The van der Waals surface area contributed by atoms with Gasteiger partial charge in [-0.15, -0.1) is 0 Å². The number of hydrogen-bond acceptors (Lipinski definition) is 3. The number of ether oxygens (including phenoxy) is 1. The van der Waals surface area contributed by atoms with Crippen LogP contribution in [0, 0.1) is 0 Å². The van der Waals surface area contributed by atoms with Crippen molar-refractivity contribution in [1.82, 2.24) is 5.32 Å². The Morgan fingerprint density at radius 3 is 2.95 bits per heavy atom. The fourth-order valence-corrected chi connectivity index (χ4v) is 2.97. The standard InChI is InChI=1S/C17H27ClN2O/c1-3-10-21-16-6-5-9-20(13-16)15-8-7-14(12-19-4-2)17(18)11-15/h7-8,11,16,19H,3-6,9-10,12-13H2,1-2H3. The maximum absolute atomic E-state index is 6.41. The van der Waals surface area contributed by atoms with Crippen LogP contribution in [0.15, 0.2) is 18.2 Å². The zero-order chi connectivity index (χ0) is 15.1. The number of hydrogen-bond donors (Lipinski definition) is 1. The molecule has 0 saturated carbocycles. The summed E-state index contributed by atoms with van der Waals surface area (Å²) < 4.78 is 5.91. The Labute approximate surface area is 133 Å². The van der Waals surface area contributed by atoms with Crippen LogP contribution in [-0.4, -0.2) is 32.3 Å². The number of anilines is 1. The van der Waals surface area contributed by atoms with E-state index in [0.29, 0.717) is 6.10 Å². The van der Waals surface area contributed by atoms with Gasteiger partial charge in [0.1, 0.15) is 0 Å². The minimum atomic E-state index is 0.360. The van der Waals surface area contributed by atoms with E-state index in [0.717, 1.165) is 49.8 Å². The van der Waals surface area contributed by atoms with Gasteiger partial charge in [0.05, 0.1) is 6.10 Å². The molecule has 1 fully saturated rings. The summed E-state index contributed by atoms with van der Waals surface area (Å²) in [6.07, 6.45) is 3.80. The van der Waals surface area contributed by atoms with Crippen molar-refractivity contribution in [2.45, 2.75) is 45.8 Å². The number of halogens is 1. The quantitative estimate of drug-likeness (QED) is 0.828. The first kappa shape index (κ1) is 16.6. The molecule has 1 saturated heterocycles. The van der Waals surface area contributed by atoms with Crippen LogP contribution < -0.4 is 10.2 Å². The molecule has 118 valence electrons. The van der Waals surface area contributed by atoms with Crippen molar-refractivity contribution in [3.63, 3.8) is 0 Å². The Kier molecular flexibility index (Phi) is 6.81. The number of nitrogens with zero attached hydrogens (tertiary/aromatic N) is 1. The van der Waals surface area contributed by atoms with E-state index >= 15 is 0 Å². The molecule has 1 N–H and O–H groups in total. The highest BCUT2D eigenvalue weighted by Gasteiger charge is 2.20. The Morgan fingerprint density at radius 1 is 1.38 bits per heavy atom. The average Bonchev–Trinajstić information content (AvgIpc) is 2.52. The van der Waals surface area contributed by atoms with E-state index in [4.69, 9.17) is 16.3 Å². The molecule has 2 rings (SSSR count). The third-order valence-corrected chi connectivity index (χ3v) is 4.25. The smallest absolute Gasteiger partial charge is 0.0750 e. The van der Waals surface area contributed by atoms with E-state index < -0.39 is 0 Å². The molecule has 0 aliphatic carbocycles. The molecule has 21 heavy (non-hydrogen) atoms. The molecule has 3 nitrogen and oxygen atoms in total. The van der Waals surface area contributed by atoms with E-state index in [1.54, 1.807) is 0 Å². The molecular formula is C17H27ClN2O. The Hall–Kier alpha value is -0.770. The molecule has 1 atom stereocenters. The molecule has 1 unspecified atom stereocenters. The maximum atomic E-state index is 6.41. The fourth-order valence-electron chi connectivity index (χ4n) is 2.73. The van der Waals surface area contributed by atoms with Crippen LogP contribution >= 0.6 is 11.6 Å². The van der Waals surface area contributed by atoms with Gasteiger partial charge in [0.2, 0.25) is 0 Å². The van der Waals surface area contributed by atoms with Crippen LogP contribution in [0.3, 0.4) is 0 Å². The van der Waals surface area contributed by atoms with Crippen molar-refractivity contribution in [2.75, 3.05) is 31.1 Å². The molecular weight excluding hydrogens is 284 g/mol. The summed E-state index contributed by atoms with van der Waals surface area (Å²) in [4.78, 5) is 2.40. The first-order valence-corrected chi connectivity index (χ1v) is 8.48. The monoisotopic (exact) mass is 310 g/mol. The Balaban J connectivity index is 1.98. The number of benzene rings is 1. The van der Waals surface area contributed by atoms with Crippen LogP contribution in [0.2, 0.25) is 5.02 Å². The van der Waals surface area contributed by atoms with Gasteiger partial charge >= 0.3 is 0 Å². The third-order valence-electron chi connectivity index (χ3n) is 3.90. The van der Waals surface area contributed by atoms with Gasteiger partial charge in [-0.3, -0.25) is 0 Å². The highest BCUT2D eigenvalue weighted by molar-refractivity contribution is 6.31. The predicted octanol–water partition coefficient (Wildman–Crippen LogP) is 3.84. The van der Waals surface area contributed by atoms with Gasteiger partial charge in [-0.05, 0) is 43.5 Å². The molecule has 1 aliphatic heterocycles. The first-order chi connectivity index (χ1) is 10.2. The van der Waals surface area contributed by atoms with Crippen LogP contribution in [0.5, 0.6) is 0 Å². The molecule has 1 heterocycles. The van der Waals surface area contributed by atoms with Gasteiger partial charge in [-0.25, -0.2) is 0 Å². The molecule has 1 aromatic rings. The van der Waals surface area contributed by atoms with Gasteiger partial charge in [-0.2, -0.15) is 0 Å². The van der Waals surface area contributed by atoms with E-state index in [1.165, 1.54) is 18.5 Å². The zero-order valence-corrected chi connectivity index (χ0v) is 14.0. The minimum absolute atomic E-state index is 0.360. The highest BCUT2D eigenvalue weighted by atomic mass is 35.5. The second-order valence-electron chi connectivity index (χ2n) is 5.64. The molecule has 1 aromatic carbocycles. The van der Waals surface area contributed by atoms with Crippen molar-refractivity contribution in [1.29, 1.82) is 0 Å². The van der Waals surface area contributed by atoms with Crippen LogP contribution in [0.1, 0.15) is 38.7 Å². The van der Waals surface area contributed by atoms with Gasteiger partial charge in [-0.1, -0.05) is 31.5 Å². The summed E-state index contributed by atoms with van der Waals surface area (Å²) in [6, 6.07) is 6.41.